The molecule has 1 aliphatic heterocycles. The third-order valence-electron chi connectivity index (χ3n) is 4.43. The molecule has 0 unspecified atom stereocenters. The van der Waals surface area contributed by atoms with Crippen molar-refractivity contribution in [3.05, 3.63) is 48.3 Å². The Hall–Kier alpha value is -2.67. The SMILES string of the molecule is Cn1cc(-c2cn[nH]n2)nc1N1CCN(Cc2ccccc2)CC1. The summed E-state index contributed by atoms with van der Waals surface area (Å²) in [7, 11) is 2.03. The number of rotatable bonds is 4. The number of aryl methyl sites for hydroxylation is 1. The first kappa shape index (κ1) is 14.9. The number of anilines is 1. The highest BCUT2D eigenvalue weighted by molar-refractivity contribution is 5.55. The van der Waals surface area contributed by atoms with Gasteiger partial charge in [-0.1, -0.05) is 30.3 Å². The Morgan fingerprint density at radius 2 is 1.83 bits per heavy atom. The first-order valence-electron chi connectivity index (χ1n) is 8.20. The van der Waals surface area contributed by atoms with E-state index in [2.05, 4.69) is 60.1 Å². The molecule has 3 aromatic rings. The number of piperazine rings is 1. The quantitative estimate of drug-likeness (QED) is 0.789. The first-order chi connectivity index (χ1) is 11.8. The van der Waals surface area contributed by atoms with Crippen LogP contribution in [0.2, 0.25) is 0 Å². The number of imidazole rings is 1. The van der Waals surface area contributed by atoms with Crippen LogP contribution in [-0.4, -0.2) is 56.0 Å². The van der Waals surface area contributed by atoms with Crippen LogP contribution in [0.15, 0.2) is 42.7 Å². The molecule has 1 fully saturated rings. The van der Waals surface area contributed by atoms with Gasteiger partial charge in [0.1, 0.15) is 11.4 Å². The Kier molecular flexibility index (Phi) is 4.00. The lowest BCUT2D eigenvalue weighted by atomic mass is 10.2. The molecule has 2 aromatic heterocycles. The van der Waals surface area contributed by atoms with Gasteiger partial charge in [-0.3, -0.25) is 4.90 Å². The van der Waals surface area contributed by atoms with Crippen molar-refractivity contribution in [3.63, 3.8) is 0 Å². The highest BCUT2D eigenvalue weighted by Gasteiger charge is 2.21. The molecule has 0 aliphatic carbocycles. The standard InChI is InChI=1S/C17H21N7/c1-22-13-16(15-11-18-21-20-15)19-17(22)24-9-7-23(8-10-24)12-14-5-3-2-4-6-14/h2-6,11,13H,7-10,12H2,1H3,(H,18,20,21). The van der Waals surface area contributed by atoms with Gasteiger partial charge in [0.05, 0.1) is 6.20 Å². The molecular weight excluding hydrogens is 302 g/mol. The third-order valence-corrected chi connectivity index (χ3v) is 4.43. The van der Waals surface area contributed by atoms with Crippen LogP contribution < -0.4 is 4.90 Å². The van der Waals surface area contributed by atoms with E-state index in [0.717, 1.165) is 50.1 Å². The van der Waals surface area contributed by atoms with Crippen molar-refractivity contribution in [2.75, 3.05) is 31.1 Å². The van der Waals surface area contributed by atoms with Crippen LogP contribution in [0.4, 0.5) is 5.95 Å². The molecule has 24 heavy (non-hydrogen) atoms. The molecule has 0 atom stereocenters. The van der Waals surface area contributed by atoms with Crippen LogP contribution in [0.1, 0.15) is 5.56 Å². The Labute approximate surface area is 140 Å². The zero-order valence-electron chi connectivity index (χ0n) is 13.8. The van der Waals surface area contributed by atoms with Gasteiger partial charge in [-0.05, 0) is 5.56 Å². The number of aromatic amines is 1. The number of nitrogens with one attached hydrogen (secondary N) is 1. The van der Waals surface area contributed by atoms with E-state index >= 15 is 0 Å². The number of H-pyrrole nitrogens is 1. The Balaban J connectivity index is 1.41. The van der Waals surface area contributed by atoms with Gasteiger partial charge in [-0.2, -0.15) is 15.4 Å². The Morgan fingerprint density at radius 1 is 1.04 bits per heavy atom. The van der Waals surface area contributed by atoms with Crippen molar-refractivity contribution in [2.24, 2.45) is 7.05 Å². The Morgan fingerprint density at radius 3 is 2.54 bits per heavy atom. The van der Waals surface area contributed by atoms with Crippen LogP contribution >= 0.6 is 0 Å². The van der Waals surface area contributed by atoms with E-state index in [1.165, 1.54) is 5.56 Å². The van der Waals surface area contributed by atoms with E-state index in [0.29, 0.717) is 0 Å². The smallest absolute Gasteiger partial charge is 0.205 e. The van der Waals surface area contributed by atoms with Crippen LogP contribution in [0.5, 0.6) is 0 Å². The summed E-state index contributed by atoms with van der Waals surface area (Å²) in [5, 5.41) is 10.6. The zero-order chi connectivity index (χ0) is 16.4. The van der Waals surface area contributed by atoms with Gasteiger partial charge in [0.2, 0.25) is 5.95 Å². The molecule has 1 N–H and O–H groups in total. The van der Waals surface area contributed by atoms with E-state index < -0.39 is 0 Å². The number of benzene rings is 1. The van der Waals surface area contributed by atoms with Crippen molar-refractivity contribution in [1.29, 1.82) is 0 Å². The average Bonchev–Trinajstić information content (AvgIpc) is 3.26. The molecule has 0 saturated carbocycles. The van der Waals surface area contributed by atoms with Gasteiger partial charge in [-0.25, -0.2) is 4.98 Å². The molecule has 124 valence electrons. The summed E-state index contributed by atoms with van der Waals surface area (Å²) in [5.74, 6) is 0.993. The van der Waals surface area contributed by atoms with E-state index in [4.69, 9.17) is 4.98 Å². The lowest BCUT2D eigenvalue weighted by molar-refractivity contribution is 0.248. The summed E-state index contributed by atoms with van der Waals surface area (Å²) >= 11 is 0. The molecule has 7 nitrogen and oxygen atoms in total. The van der Waals surface area contributed by atoms with Crippen LogP contribution in [0.25, 0.3) is 11.4 Å². The fraction of sp³-hybridized carbons (Fsp3) is 0.353. The normalized spacial score (nSPS) is 15.8. The lowest BCUT2D eigenvalue weighted by Crippen LogP contribution is -2.46. The second-order valence-electron chi connectivity index (χ2n) is 6.14. The van der Waals surface area contributed by atoms with Gasteiger partial charge in [0, 0.05) is 46.0 Å². The molecule has 1 aliphatic rings. The van der Waals surface area contributed by atoms with E-state index in [1.807, 2.05) is 13.2 Å². The predicted octanol–water partition coefficient (Wildman–Crippen LogP) is 1.53. The number of hydrogen-bond donors (Lipinski definition) is 1. The second kappa shape index (κ2) is 6.45. The van der Waals surface area contributed by atoms with Gasteiger partial charge < -0.3 is 9.47 Å². The monoisotopic (exact) mass is 323 g/mol. The van der Waals surface area contributed by atoms with Gasteiger partial charge in [0.15, 0.2) is 0 Å². The number of aromatic nitrogens is 5. The molecule has 7 heteroatoms. The highest BCUT2D eigenvalue weighted by atomic mass is 15.4. The van der Waals surface area contributed by atoms with Gasteiger partial charge in [-0.15, -0.1) is 0 Å². The van der Waals surface area contributed by atoms with Crippen LogP contribution in [0, 0.1) is 0 Å². The minimum Gasteiger partial charge on any atom is -0.340 e. The molecule has 1 saturated heterocycles. The predicted molar refractivity (Wildman–Crippen MR) is 92.5 cm³/mol. The molecule has 0 amide bonds. The van der Waals surface area contributed by atoms with Crippen molar-refractivity contribution < 1.29 is 0 Å². The van der Waals surface area contributed by atoms with Crippen molar-refractivity contribution in [2.45, 2.75) is 6.54 Å². The van der Waals surface area contributed by atoms with Crippen molar-refractivity contribution in [3.8, 4) is 11.4 Å². The summed E-state index contributed by atoms with van der Waals surface area (Å²) in [4.78, 5) is 9.56. The molecular formula is C17H21N7. The highest BCUT2D eigenvalue weighted by Crippen LogP contribution is 2.21. The first-order valence-corrected chi connectivity index (χ1v) is 8.20. The molecule has 0 radical (unpaired) electrons. The Bertz CT molecular complexity index is 771. The van der Waals surface area contributed by atoms with E-state index in [-0.39, 0.29) is 0 Å². The lowest BCUT2D eigenvalue weighted by Gasteiger charge is -2.35. The summed E-state index contributed by atoms with van der Waals surface area (Å²) in [6, 6.07) is 10.6. The fourth-order valence-electron chi connectivity index (χ4n) is 3.15. The summed E-state index contributed by atoms with van der Waals surface area (Å²) in [6.45, 7) is 5.06. The van der Waals surface area contributed by atoms with Gasteiger partial charge in [0.25, 0.3) is 0 Å². The largest absolute Gasteiger partial charge is 0.340 e. The zero-order valence-corrected chi connectivity index (χ0v) is 13.8. The van der Waals surface area contributed by atoms with E-state index in [1.54, 1.807) is 6.20 Å². The molecule has 3 heterocycles. The maximum absolute atomic E-state index is 4.73. The van der Waals surface area contributed by atoms with Crippen LogP contribution in [-0.2, 0) is 13.6 Å². The molecule has 1 aromatic carbocycles. The summed E-state index contributed by atoms with van der Waals surface area (Å²) in [5.41, 5.74) is 3.00. The topological polar surface area (TPSA) is 65.9 Å². The molecule has 0 bridgehead atoms. The maximum atomic E-state index is 4.73. The number of hydrogen-bond acceptors (Lipinski definition) is 5. The summed E-state index contributed by atoms with van der Waals surface area (Å²) < 4.78 is 2.07. The second-order valence-corrected chi connectivity index (χ2v) is 6.14. The van der Waals surface area contributed by atoms with Crippen molar-refractivity contribution >= 4 is 5.95 Å². The molecule has 4 rings (SSSR count). The maximum Gasteiger partial charge on any atom is 0.205 e. The number of nitrogens with zero attached hydrogens (tertiary/aromatic N) is 6. The summed E-state index contributed by atoms with van der Waals surface area (Å²) in [6.07, 6.45) is 3.70. The van der Waals surface area contributed by atoms with E-state index in [9.17, 15) is 0 Å². The van der Waals surface area contributed by atoms with Gasteiger partial charge >= 0.3 is 0 Å². The molecule has 0 spiro atoms. The minimum atomic E-state index is 0.777. The minimum absolute atomic E-state index is 0.777. The third kappa shape index (κ3) is 3.03. The average molecular weight is 323 g/mol. The van der Waals surface area contributed by atoms with Crippen LogP contribution in [0.3, 0.4) is 0 Å². The fourth-order valence-corrected chi connectivity index (χ4v) is 3.15. The van der Waals surface area contributed by atoms with Crippen molar-refractivity contribution in [1.82, 2.24) is 29.9 Å².